The van der Waals surface area contributed by atoms with Crippen LogP contribution >= 0.6 is 0 Å². The number of ether oxygens (including phenoxy) is 1. The Morgan fingerprint density at radius 1 is 1.17 bits per heavy atom. The van der Waals surface area contributed by atoms with Crippen molar-refractivity contribution in [3.63, 3.8) is 0 Å². The molecule has 1 unspecified atom stereocenters. The summed E-state index contributed by atoms with van der Waals surface area (Å²) in [6, 6.07) is 6.48. The standard InChI is InChI=1S/C23H26N6O6/c24-19(31)12-25-22(32)18-2-1-11-28(18)21-20(29(33)34)23(27-13-26-21)35-17-9-5-15(6-10-17)14-3-7-16(30)8-4-14/h5-6,9-10,13-14,18H,1-4,7-8,11-12H2,(H2,24,31)(H,25,32). The number of ketones is 1. The van der Waals surface area contributed by atoms with Crippen molar-refractivity contribution in [3.05, 3.63) is 46.3 Å². The number of carbonyl (C=O) groups is 3. The van der Waals surface area contributed by atoms with Crippen LogP contribution < -0.4 is 20.7 Å². The van der Waals surface area contributed by atoms with Crippen molar-refractivity contribution < 1.29 is 24.0 Å². The minimum absolute atomic E-state index is 0.0276. The van der Waals surface area contributed by atoms with Crippen molar-refractivity contribution in [2.24, 2.45) is 5.73 Å². The molecule has 12 nitrogen and oxygen atoms in total. The smallest absolute Gasteiger partial charge is 0.373 e. The Morgan fingerprint density at radius 2 is 1.89 bits per heavy atom. The Hall–Kier alpha value is -4.09. The normalized spacial score (nSPS) is 18.3. The van der Waals surface area contributed by atoms with Crippen LogP contribution in [-0.4, -0.2) is 51.6 Å². The van der Waals surface area contributed by atoms with Crippen molar-refractivity contribution in [2.45, 2.75) is 50.5 Å². The van der Waals surface area contributed by atoms with Crippen LogP contribution in [0.2, 0.25) is 0 Å². The summed E-state index contributed by atoms with van der Waals surface area (Å²) in [5, 5.41) is 14.4. The van der Waals surface area contributed by atoms with Gasteiger partial charge in [-0.1, -0.05) is 12.1 Å². The summed E-state index contributed by atoms with van der Waals surface area (Å²) >= 11 is 0. The molecule has 2 fully saturated rings. The summed E-state index contributed by atoms with van der Waals surface area (Å²) in [6.07, 6.45) is 4.99. The summed E-state index contributed by atoms with van der Waals surface area (Å²) in [5.74, 6) is -0.454. The van der Waals surface area contributed by atoms with Crippen LogP contribution in [0, 0.1) is 10.1 Å². The average Bonchev–Trinajstić information content (AvgIpc) is 3.33. The number of Topliss-reactive ketones (excluding diaryl/α,β-unsaturated/α-hetero) is 1. The average molecular weight is 482 g/mol. The quantitative estimate of drug-likeness (QED) is 0.421. The van der Waals surface area contributed by atoms with Crippen molar-refractivity contribution in [1.29, 1.82) is 0 Å². The topological polar surface area (TPSA) is 171 Å². The molecule has 0 spiro atoms. The van der Waals surface area contributed by atoms with Gasteiger partial charge in [0.05, 0.1) is 11.5 Å². The molecule has 4 rings (SSSR count). The Labute approximate surface area is 201 Å². The summed E-state index contributed by atoms with van der Waals surface area (Å²) < 4.78 is 5.77. The van der Waals surface area contributed by atoms with E-state index in [2.05, 4.69) is 15.3 Å². The largest absolute Gasteiger partial charge is 0.434 e. The lowest BCUT2D eigenvalue weighted by Gasteiger charge is -2.24. The van der Waals surface area contributed by atoms with Crippen molar-refractivity contribution in [2.75, 3.05) is 18.0 Å². The van der Waals surface area contributed by atoms with Gasteiger partial charge >= 0.3 is 11.6 Å². The van der Waals surface area contributed by atoms with Crippen LogP contribution in [0.3, 0.4) is 0 Å². The molecule has 2 aliphatic rings. The minimum atomic E-state index is -0.738. The molecule has 3 N–H and O–H groups in total. The molecule has 1 aliphatic heterocycles. The maximum Gasteiger partial charge on any atom is 0.373 e. The number of primary amides is 1. The van der Waals surface area contributed by atoms with E-state index in [-0.39, 0.29) is 18.2 Å². The van der Waals surface area contributed by atoms with Crippen LogP contribution in [0.4, 0.5) is 11.5 Å². The van der Waals surface area contributed by atoms with Crippen molar-refractivity contribution in [1.82, 2.24) is 15.3 Å². The molecule has 1 aliphatic carbocycles. The first-order chi connectivity index (χ1) is 16.8. The zero-order chi connectivity index (χ0) is 24.9. The second kappa shape index (κ2) is 10.5. The molecule has 2 aromatic rings. The van der Waals surface area contributed by atoms with Crippen LogP contribution in [0.1, 0.15) is 50.0 Å². The molecule has 184 valence electrons. The fourth-order valence-electron chi connectivity index (χ4n) is 4.58. The zero-order valence-electron chi connectivity index (χ0n) is 19.0. The monoisotopic (exact) mass is 482 g/mol. The van der Waals surface area contributed by atoms with Gasteiger partial charge in [-0.05, 0) is 49.3 Å². The van der Waals surface area contributed by atoms with Crippen molar-refractivity contribution >= 4 is 29.1 Å². The Kier molecular flexibility index (Phi) is 7.18. The Balaban J connectivity index is 1.55. The molecule has 2 heterocycles. The highest BCUT2D eigenvalue weighted by Crippen LogP contribution is 2.39. The highest BCUT2D eigenvalue weighted by molar-refractivity contribution is 5.89. The van der Waals surface area contributed by atoms with E-state index in [9.17, 15) is 24.5 Å². The number of nitrogens with one attached hydrogen (secondary N) is 1. The molecule has 1 aromatic carbocycles. The molecule has 1 saturated carbocycles. The molecular formula is C23H26N6O6. The van der Waals surface area contributed by atoms with Gasteiger partial charge in [0.1, 0.15) is 23.9 Å². The predicted molar refractivity (Wildman–Crippen MR) is 124 cm³/mol. The number of nitrogens with two attached hydrogens (primary N) is 1. The molecule has 35 heavy (non-hydrogen) atoms. The van der Waals surface area contributed by atoms with Gasteiger partial charge in [-0.25, -0.2) is 4.98 Å². The summed E-state index contributed by atoms with van der Waals surface area (Å²) in [7, 11) is 0. The molecular weight excluding hydrogens is 456 g/mol. The highest BCUT2D eigenvalue weighted by Gasteiger charge is 2.38. The fraction of sp³-hybridized carbons (Fsp3) is 0.435. The van der Waals surface area contributed by atoms with Gasteiger partial charge in [0.15, 0.2) is 0 Å². The highest BCUT2D eigenvalue weighted by atomic mass is 16.6. The first kappa shape index (κ1) is 24.0. The third-order valence-electron chi connectivity index (χ3n) is 6.33. The Bertz CT molecular complexity index is 1130. The summed E-state index contributed by atoms with van der Waals surface area (Å²) in [6.45, 7) is 0.0428. The van der Waals surface area contributed by atoms with Crippen LogP contribution in [-0.2, 0) is 14.4 Å². The van der Waals surface area contributed by atoms with Crippen molar-refractivity contribution in [3.8, 4) is 11.6 Å². The van der Waals surface area contributed by atoms with Gasteiger partial charge in [-0.3, -0.25) is 24.5 Å². The van der Waals surface area contributed by atoms with E-state index < -0.39 is 28.5 Å². The zero-order valence-corrected chi connectivity index (χ0v) is 19.0. The molecule has 1 atom stereocenters. The van der Waals surface area contributed by atoms with Gasteiger partial charge in [0.25, 0.3) is 0 Å². The second-order valence-electron chi connectivity index (χ2n) is 8.63. The fourth-order valence-corrected chi connectivity index (χ4v) is 4.58. The van der Waals surface area contributed by atoms with E-state index in [1.807, 2.05) is 12.1 Å². The number of hydrogen-bond donors (Lipinski definition) is 2. The van der Waals surface area contributed by atoms with E-state index in [4.69, 9.17) is 10.5 Å². The SMILES string of the molecule is NC(=O)CNC(=O)C1CCCN1c1ncnc(Oc2ccc(C3CCC(=O)CC3)cc2)c1[N+](=O)[O-]. The second-order valence-corrected chi connectivity index (χ2v) is 8.63. The third kappa shape index (κ3) is 5.53. The van der Waals surface area contributed by atoms with Gasteiger partial charge in [0.2, 0.25) is 17.6 Å². The third-order valence-corrected chi connectivity index (χ3v) is 6.33. The number of amides is 2. The summed E-state index contributed by atoms with van der Waals surface area (Å²) in [5.41, 5.74) is 5.73. The number of nitrogens with zero attached hydrogens (tertiary/aromatic N) is 4. The lowest BCUT2D eigenvalue weighted by atomic mass is 9.83. The first-order valence-corrected chi connectivity index (χ1v) is 11.4. The number of carbonyl (C=O) groups excluding carboxylic acids is 3. The van der Waals surface area contributed by atoms with Gasteiger partial charge in [-0.15, -0.1) is 0 Å². The van der Waals surface area contributed by atoms with Crippen LogP contribution in [0.25, 0.3) is 0 Å². The Morgan fingerprint density at radius 3 is 2.54 bits per heavy atom. The molecule has 0 bridgehead atoms. The van der Waals surface area contributed by atoms with Crippen LogP contribution in [0.15, 0.2) is 30.6 Å². The number of aromatic nitrogens is 2. The number of rotatable bonds is 8. The number of anilines is 1. The minimum Gasteiger partial charge on any atom is -0.434 e. The van der Waals surface area contributed by atoms with Crippen LogP contribution in [0.5, 0.6) is 11.6 Å². The van der Waals surface area contributed by atoms with Gasteiger partial charge < -0.3 is 20.7 Å². The predicted octanol–water partition coefficient (Wildman–Crippen LogP) is 1.97. The molecule has 1 aromatic heterocycles. The maximum absolute atomic E-state index is 12.5. The van der Waals surface area contributed by atoms with E-state index in [0.717, 1.165) is 24.7 Å². The lowest BCUT2D eigenvalue weighted by molar-refractivity contribution is -0.385. The first-order valence-electron chi connectivity index (χ1n) is 11.4. The van der Waals surface area contributed by atoms with E-state index >= 15 is 0 Å². The molecule has 1 saturated heterocycles. The molecule has 0 radical (unpaired) electrons. The maximum atomic E-state index is 12.5. The lowest BCUT2D eigenvalue weighted by Crippen LogP contribution is -2.46. The van der Waals surface area contributed by atoms with E-state index in [1.54, 1.807) is 12.1 Å². The number of benzene rings is 1. The number of hydrogen-bond acceptors (Lipinski definition) is 9. The molecule has 2 amide bonds. The number of nitro groups is 1. The van der Waals surface area contributed by atoms with E-state index in [1.165, 1.54) is 4.90 Å². The summed E-state index contributed by atoms with van der Waals surface area (Å²) in [4.78, 5) is 56.0. The van der Waals surface area contributed by atoms with Gasteiger partial charge in [-0.2, -0.15) is 4.98 Å². The van der Waals surface area contributed by atoms with E-state index in [0.29, 0.717) is 49.7 Å². The molecule has 12 heteroatoms. The van der Waals surface area contributed by atoms with Gasteiger partial charge in [0, 0.05) is 19.4 Å².